The van der Waals surface area contributed by atoms with Gasteiger partial charge in [-0.15, -0.1) is 0 Å². The van der Waals surface area contributed by atoms with Crippen molar-refractivity contribution in [1.82, 2.24) is 5.32 Å². The first-order valence-electron chi connectivity index (χ1n) is 6.54. The fourth-order valence-electron chi connectivity index (χ4n) is 2.07. The molecule has 1 rings (SSSR count). The van der Waals surface area contributed by atoms with Crippen LogP contribution in [0, 0.1) is 0 Å². The summed E-state index contributed by atoms with van der Waals surface area (Å²) < 4.78 is 10.1. The molecule has 0 aliphatic heterocycles. The van der Waals surface area contributed by atoms with Crippen molar-refractivity contribution in [3.05, 3.63) is 12.2 Å². The second kappa shape index (κ2) is 6.08. The molecule has 1 aliphatic rings. The van der Waals surface area contributed by atoms with Gasteiger partial charge in [-0.3, -0.25) is 0 Å². The van der Waals surface area contributed by atoms with Gasteiger partial charge in [0, 0.05) is 0 Å². The van der Waals surface area contributed by atoms with Gasteiger partial charge in [-0.2, -0.15) is 0 Å². The molecule has 0 saturated carbocycles. The minimum absolute atomic E-state index is 0.426. The van der Waals surface area contributed by atoms with E-state index in [0.29, 0.717) is 12.8 Å². The lowest BCUT2D eigenvalue weighted by Gasteiger charge is -2.31. The predicted octanol–water partition coefficient (Wildman–Crippen LogP) is 2.55. The zero-order valence-corrected chi connectivity index (χ0v) is 12.1. The monoisotopic (exact) mass is 269 g/mol. The number of amides is 1. The molecule has 1 amide bonds. The fourth-order valence-corrected chi connectivity index (χ4v) is 2.07. The van der Waals surface area contributed by atoms with E-state index in [9.17, 15) is 9.59 Å². The van der Waals surface area contributed by atoms with Gasteiger partial charge in [-0.05, 0) is 46.5 Å². The Morgan fingerprint density at radius 1 is 1.26 bits per heavy atom. The number of alkyl carbamates (subject to hydrolysis) is 1. The molecule has 0 aromatic rings. The number of carbonyl (C=O) groups excluding carboxylic acids is 2. The van der Waals surface area contributed by atoms with Gasteiger partial charge < -0.3 is 14.8 Å². The average Bonchev–Trinajstić information content (AvgIpc) is 2.52. The van der Waals surface area contributed by atoms with Gasteiger partial charge in [-0.1, -0.05) is 12.2 Å². The van der Waals surface area contributed by atoms with E-state index in [1.54, 1.807) is 20.8 Å². The number of rotatable bonds is 2. The number of esters is 1. The largest absolute Gasteiger partial charge is 0.467 e. The van der Waals surface area contributed by atoms with Gasteiger partial charge in [-0.25, -0.2) is 9.59 Å². The summed E-state index contributed by atoms with van der Waals surface area (Å²) in [4.78, 5) is 23.9. The fraction of sp³-hybridized carbons (Fsp3) is 0.714. The highest BCUT2D eigenvalue weighted by molar-refractivity contribution is 5.86. The van der Waals surface area contributed by atoms with Crippen molar-refractivity contribution in [3.63, 3.8) is 0 Å². The lowest BCUT2D eigenvalue weighted by atomic mass is 9.91. The number of nitrogens with one attached hydrogen (secondary N) is 1. The summed E-state index contributed by atoms with van der Waals surface area (Å²) in [6.45, 7) is 5.35. The highest BCUT2D eigenvalue weighted by Gasteiger charge is 2.41. The van der Waals surface area contributed by atoms with E-state index in [4.69, 9.17) is 9.47 Å². The molecule has 5 heteroatoms. The minimum Gasteiger partial charge on any atom is -0.467 e. The number of hydrogen-bond acceptors (Lipinski definition) is 4. The Bertz CT molecular complexity index is 370. The van der Waals surface area contributed by atoms with Crippen LogP contribution in [-0.2, 0) is 14.3 Å². The molecule has 19 heavy (non-hydrogen) atoms. The van der Waals surface area contributed by atoms with Crippen molar-refractivity contribution in [3.8, 4) is 0 Å². The van der Waals surface area contributed by atoms with Gasteiger partial charge in [0.15, 0.2) is 0 Å². The second-order valence-electron chi connectivity index (χ2n) is 5.77. The third-order valence-electron chi connectivity index (χ3n) is 2.92. The predicted molar refractivity (Wildman–Crippen MR) is 71.7 cm³/mol. The molecule has 1 atom stereocenters. The number of ether oxygens (including phenoxy) is 2. The Labute approximate surface area is 114 Å². The first-order chi connectivity index (χ1) is 8.79. The Morgan fingerprint density at radius 3 is 2.53 bits per heavy atom. The van der Waals surface area contributed by atoms with Crippen LogP contribution in [0.1, 0.15) is 46.5 Å². The van der Waals surface area contributed by atoms with Crippen LogP contribution in [0.5, 0.6) is 0 Å². The van der Waals surface area contributed by atoms with Crippen LogP contribution in [0.3, 0.4) is 0 Å². The van der Waals surface area contributed by atoms with Crippen molar-refractivity contribution in [1.29, 1.82) is 0 Å². The Kier molecular flexibility index (Phi) is 4.97. The molecule has 0 spiro atoms. The average molecular weight is 269 g/mol. The molecule has 0 aromatic heterocycles. The van der Waals surface area contributed by atoms with E-state index in [2.05, 4.69) is 5.32 Å². The highest BCUT2D eigenvalue weighted by Crippen LogP contribution is 2.25. The van der Waals surface area contributed by atoms with Crippen molar-refractivity contribution in [2.24, 2.45) is 0 Å². The SMILES string of the molecule is COC(=O)[C@@]1(NC(=O)OC(C)(C)C)CC=CCCC1. The van der Waals surface area contributed by atoms with Gasteiger partial charge >= 0.3 is 12.1 Å². The summed E-state index contributed by atoms with van der Waals surface area (Å²) in [6.07, 6.45) is 6.03. The van der Waals surface area contributed by atoms with Gasteiger partial charge in [0.2, 0.25) is 0 Å². The molecule has 0 bridgehead atoms. The quantitative estimate of drug-likeness (QED) is 0.618. The van der Waals surface area contributed by atoms with Gasteiger partial charge in [0.05, 0.1) is 7.11 Å². The third-order valence-corrected chi connectivity index (χ3v) is 2.92. The van der Waals surface area contributed by atoms with E-state index >= 15 is 0 Å². The van der Waals surface area contributed by atoms with Crippen molar-refractivity contribution < 1.29 is 19.1 Å². The lowest BCUT2D eigenvalue weighted by Crippen LogP contribution is -2.55. The van der Waals surface area contributed by atoms with Crippen LogP contribution in [-0.4, -0.2) is 30.3 Å². The van der Waals surface area contributed by atoms with Crippen LogP contribution in [0.25, 0.3) is 0 Å². The van der Waals surface area contributed by atoms with Gasteiger partial charge in [0.1, 0.15) is 11.1 Å². The highest BCUT2D eigenvalue weighted by atomic mass is 16.6. The first kappa shape index (κ1) is 15.5. The summed E-state index contributed by atoms with van der Waals surface area (Å²) in [7, 11) is 1.33. The van der Waals surface area contributed by atoms with Crippen molar-refractivity contribution in [2.75, 3.05) is 7.11 Å². The number of allylic oxidation sites excluding steroid dienone is 1. The van der Waals surface area contributed by atoms with E-state index in [1.165, 1.54) is 7.11 Å². The lowest BCUT2D eigenvalue weighted by molar-refractivity contribution is -0.148. The molecule has 0 heterocycles. The molecule has 0 aromatic carbocycles. The maximum Gasteiger partial charge on any atom is 0.408 e. The van der Waals surface area contributed by atoms with E-state index in [-0.39, 0.29) is 0 Å². The Morgan fingerprint density at radius 2 is 1.95 bits per heavy atom. The molecule has 108 valence electrons. The van der Waals surface area contributed by atoms with Crippen LogP contribution in [0.4, 0.5) is 4.79 Å². The van der Waals surface area contributed by atoms with Crippen LogP contribution in [0.15, 0.2) is 12.2 Å². The number of hydrogen-bond donors (Lipinski definition) is 1. The molecular weight excluding hydrogens is 246 g/mol. The van der Waals surface area contributed by atoms with Crippen molar-refractivity contribution in [2.45, 2.75) is 57.6 Å². The standard InChI is InChI=1S/C14H23NO4/c1-13(2,3)19-12(17)15-14(11(16)18-4)9-7-5-6-8-10-14/h5,7H,6,8-10H2,1-4H3,(H,15,17)/t14-/m1/s1. The van der Waals surface area contributed by atoms with Crippen LogP contribution >= 0.6 is 0 Å². The third kappa shape index (κ3) is 4.58. The molecule has 5 nitrogen and oxygen atoms in total. The normalized spacial score (nSPS) is 23.4. The minimum atomic E-state index is -1.01. The molecule has 1 aliphatic carbocycles. The smallest absolute Gasteiger partial charge is 0.408 e. The molecule has 0 fully saturated rings. The summed E-state index contributed by atoms with van der Waals surface area (Å²) in [5, 5.41) is 2.69. The molecule has 0 saturated heterocycles. The van der Waals surface area contributed by atoms with E-state index in [0.717, 1.165) is 12.8 Å². The maximum absolute atomic E-state index is 12.0. The van der Waals surface area contributed by atoms with E-state index < -0.39 is 23.2 Å². The molecule has 0 radical (unpaired) electrons. The van der Waals surface area contributed by atoms with Gasteiger partial charge in [0.25, 0.3) is 0 Å². The topological polar surface area (TPSA) is 64.6 Å². The molecule has 0 unspecified atom stereocenters. The zero-order valence-electron chi connectivity index (χ0n) is 12.1. The summed E-state index contributed by atoms with van der Waals surface area (Å²) in [6, 6.07) is 0. The second-order valence-corrected chi connectivity index (χ2v) is 5.77. The molecule has 1 N–H and O–H groups in total. The first-order valence-corrected chi connectivity index (χ1v) is 6.54. The summed E-state index contributed by atoms with van der Waals surface area (Å²) in [5.41, 5.74) is -1.61. The Balaban J connectivity index is 2.83. The van der Waals surface area contributed by atoms with Crippen molar-refractivity contribution >= 4 is 12.1 Å². The Hall–Kier alpha value is -1.52. The number of methoxy groups -OCH3 is 1. The zero-order chi connectivity index (χ0) is 14.5. The van der Waals surface area contributed by atoms with Crippen LogP contribution < -0.4 is 5.32 Å². The van der Waals surface area contributed by atoms with E-state index in [1.807, 2.05) is 12.2 Å². The van der Waals surface area contributed by atoms with Crippen LogP contribution in [0.2, 0.25) is 0 Å². The number of carbonyl (C=O) groups is 2. The maximum atomic E-state index is 12.0. The summed E-state index contributed by atoms with van der Waals surface area (Å²) in [5.74, 6) is -0.426. The molecular formula is C14H23NO4. The summed E-state index contributed by atoms with van der Waals surface area (Å²) >= 11 is 0.